The fourth-order valence-electron chi connectivity index (χ4n) is 2.87. The minimum atomic E-state index is -4.45. The van der Waals surface area contributed by atoms with Gasteiger partial charge in [-0.1, -0.05) is 19.0 Å². The van der Waals surface area contributed by atoms with Crippen molar-refractivity contribution in [2.75, 3.05) is 13.1 Å². The first-order valence-corrected chi connectivity index (χ1v) is 8.08. The van der Waals surface area contributed by atoms with Gasteiger partial charge >= 0.3 is 12.2 Å². The van der Waals surface area contributed by atoms with Gasteiger partial charge in [0.1, 0.15) is 6.04 Å². The Morgan fingerprint density at radius 3 is 2.46 bits per heavy atom. The monoisotopic (exact) mass is 348 g/mol. The molecule has 2 amide bonds. The molecule has 1 aliphatic rings. The largest absolute Gasteiger partial charge is 0.408 e. The lowest BCUT2D eigenvalue weighted by Gasteiger charge is -2.34. The average Bonchev–Trinajstić information content (AvgIpc) is 2.89. The van der Waals surface area contributed by atoms with Crippen LogP contribution in [0.3, 0.4) is 0 Å². The number of hydrogen-bond donors (Lipinski definition) is 1. The molecule has 0 radical (unpaired) electrons. The van der Waals surface area contributed by atoms with E-state index in [2.05, 4.69) is 15.5 Å². The Labute approximate surface area is 138 Å². The van der Waals surface area contributed by atoms with Crippen LogP contribution in [0.1, 0.15) is 38.4 Å². The Kier molecular flexibility index (Phi) is 5.71. The number of amides is 2. The molecular weight excluding hydrogens is 325 g/mol. The van der Waals surface area contributed by atoms with Crippen molar-refractivity contribution >= 4 is 6.03 Å². The second-order valence-corrected chi connectivity index (χ2v) is 6.58. The van der Waals surface area contributed by atoms with Gasteiger partial charge in [0.05, 0.1) is 0 Å². The van der Waals surface area contributed by atoms with Crippen LogP contribution in [0.25, 0.3) is 0 Å². The molecule has 0 bridgehead atoms. The van der Waals surface area contributed by atoms with Crippen LogP contribution in [-0.4, -0.2) is 46.4 Å². The topological polar surface area (TPSA) is 71.3 Å². The minimum Gasteiger partial charge on any atom is -0.340 e. The molecule has 0 saturated carbocycles. The summed E-state index contributed by atoms with van der Waals surface area (Å²) in [6.45, 7) is 5.45. The van der Waals surface area contributed by atoms with Crippen molar-refractivity contribution in [2.24, 2.45) is 11.8 Å². The van der Waals surface area contributed by atoms with Gasteiger partial charge in [0.15, 0.2) is 5.82 Å². The summed E-state index contributed by atoms with van der Waals surface area (Å²) in [5.74, 6) is 0.726. The Bertz CT molecular complexity index is 551. The number of nitrogens with one attached hydrogen (secondary N) is 1. The third-order valence-corrected chi connectivity index (χ3v) is 4.24. The van der Waals surface area contributed by atoms with Crippen molar-refractivity contribution in [3.8, 4) is 0 Å². The third-order valence-electron chi connectivity index (χ3n) is 4.24. The molecule has 1 atom stereocenters. The fourth-order valence-corrected chi connectivity index (χ4v) is 2.87. The lowest BCUT2D eigenvalue weighted by atomic mass is 9.93. The molecule has 1 aromatic heterocycles. The molecule has 24 heavy (non-hydrogen) atoms. The smallest absolute Gasteiger partial charge is 0.340 e. The van der Waals surface area contributed by atoms with Gasteiger partial charge in [-0.2, -0.15) is 18.2 Å². The van der Waals surface area contributed by atoms with Crippen molar-refractivity contribution in [1.29, 1.82) is 0 Å². The van der Waals surface area contributed by atoms with Crippen LogP contribution in [-0.2, 0) is 6.42 Å². The van der Waals surface area contributed by atoms with Crippen LogP contribution >= 0.6 is 0 Å². The molecule has 136 valence electrons. The Balaban J connectivity index is 1.83. The van der Waals surface area contributed by atoms with E-state index in [4.69, 9.17) is 4.52 Å². The molecule has 0 spiro atoms. The standard InChI is InChI=1S/C15H23F3N4O2/c1-9(2)13(15(16,17)18)20-14(23)22-6-4-11(5-7-22)8-12-19-10(3)24-21-12/h9,11,13H,4-8H2,1-3H3,(H,20,23)/t13-/m0/s1. The summed E-state index contributed by atoms with van der Waals surface area (Å²) in [5.41, 5.74) is 0. The van der Waals surface area contributed by atoms with E-state index >= 15 is 0 Å². The van der Waals surface area contributed by atoms with Gasteiger partial charge in [-0.15, -0.1) is 0 Å². The second-order valence-electron chi connectivity index (χ2n) is 6.58. The highest BCUT2D eigenvalue weighted by Crippen LogP contribution is 2.26. The highest BCUT2D eigenvalue weighted by atomic mass is 19.4. The van der Waals surface area contributed by atoms with Crippen LogP contribution in [0.5, 0.6) is 0 Å². The predicted octanol–water partition coefficient (Wildman–Crippen LogP) is 2.93. The molecular formula is C15H23F3N4O2. The first kappa shape index (κ1) is 18.5. The van der Waals surface area contributed by atoms with E-state index in [1.165, 1.54) is 18.7 Å². The third kappa shape index (κ3) is 4.85. The number of halogens is 3. The van der Waals surface area contributed by atoms with Crippen molar-refractivity contribution in [3.63, 3.8) is 0 Å². The number of alkyl halides is 3. The summed E-state index contributed by atoms with van der Waals surface area (Å²) in [4.78, 5) is 17.7. The van der Waals surface area contributed by atoms with Gasteiger partial charge in [-0.05, 0) is 24.7 Å². The SMILES string of the molecule is Cc1nc(CC2CCN(C(=O)N[C@@H](C(C)C)C(F)(F)F)CC2)no1. The average molecular weight is 348 g/mol. The molecule has 6 nitrogen and oxygen atoms in total. The molecule has 2 heterocycles. The van der Waals surface area contributed by atoms with Crippen LogP contribution < -0.4 is 5.32 Å². The van der Waals surface area contributed by atoms with E-state index < -0.39 is 24.2 Å². The van der Waals surface area contributed by atoms with E-state index in [1.54, 1.807) is 6.92 Å². The molecule has 0 aromatic carbocycles. The first-order chi connectivity index (χ1) is 11.2. The summed E-state index contributed by atoms with van der Waals surface area (Å²) in [7, 11) is 0. The lowest BCUT2D eigenvalue weighted by Crippen LogP contribution is -2.54. The summed E-state index contributed by atoms with van der Waals surface area (Å²) >= 11 is 0. The van der Waals surface area contributed by atoms with E-state index in [9.17, 15) is 18.0 Å². The summed E-state index contributed by atoms with van der Waals surface area (Å²) in [6.07, 6.45) is -2.37. The number of urea groups is 1. The first-order valence-electron chi connectivity index (χ1n) is 8.08. The van der Waals surface area contributed by atoms with Gasteiger partial charge in [0.2, 0.25) is 5.89 Å². The van der Waals surface area contributed by atoms with Crippen LogP contribution in [0.15, 0.2) is 4.52 Å². The Morgan fingerprint density at radius 2 is 2.00 bits per heavy atom. The van der Waals surface area contributed by atoms with E-state index in [1.807, 2.05) is 0 Å². The number of aromatic nitrogens is 2. The Morgan fingerprint density at radius 1 is 1.38 bits per heavy atom. The van der Waals surface area contributed by atoms with Gasteiger partial charge in [0, 0.05) is 26.4 Å². The maximum atomic E-state index is 12.9. The van der Waals surface area contributed by atoms with E-state index in [0.29, 0.717) is 50.0 Å². The zero-order valence-corrected chi connectivity index (χ0v) is 14.1. The quantitative estimate of drug-likeness (QED) is 0.908. The van der Waals surface area contributed by atoms with E-state index in [0.717, 1.165) is 0 Å². The zero-order valence-electron chi connectivity index (χ0n) is 14.1. The number of carbonyl (C=O) groups excluding carboxylic acids is 1. The summed E-state index contributed by atoms with van der Waals surface area (Å²) in [5, 5.41) is 5.96. The van der Waals surface area contributed by atoms with Crippen molar-refractivity contribution in [1.82, 2.24) is 20.4 Å². The van der Waals surface area contributed by atoms with Crippen LogP contribution in [0, 0.1) is 18.8 Å². The highest BCUT2D eigenvalue weighted by molar-refractivity contribution is 5.74. The molecule has 1 N–H and O–H groups in total. The predicted molar refractivity (Wildman–Crippen MR) is 80.2 cm³/mol. The minimum absolute atomic E-state index is 0.301. The lowest BCUT2D eigenvalue weighted by molar-refractivity contribution is -0.162. The number of aryl methyl sites for hydroxylation is 1. The van der Waals surface area contributed by atoms with Gasteiger partial charge in [-0.25, -0.2) is 4.79 Å². The zero-order chi connectivity index (χ0) is 17.9. The summed E-state index contributed by atoms with van der Waals surface area (Å²) in [6, 6.07) is -2.48. The molecule has 0 aliphatic carbocycles. The number of piperidine rings is 1. The maximum absolute atomic E-state index is 12.9. The number of carbonyl (C=O) groups is 1. The fraction of sp³-hybridized carbons (Fsp3) is 0.800. The highest BCUT2D eigenvalue weighted by Gasteiger charge is 2.43. The van der Waals surface area contributed by atoms with Gasteiger partial charge in [-0.3, -0.25) is 0 Å². The van der Waals surface area contributed by atoms with Crippen LogP contribution in [0.2, 0.25) is 0 Å². The van der Waals surface area contributed by atoms with Gasteiger partial charge in [0.25, 0.3) is 0 Å². The Hall–Kier alpha value is -1.80. The summed E-state index contributed by atoms with van der Waals surface area (Å²) < 4.78 is 43.8. The molecule has 1 fully saturated rings. The number of rotatable bonds is 4. The molecule has 1 aliphatic heterocycles. The number of likely N-dealkylation sites (tertiary alicyclic amines) is 1. The number of nitrogens with zero attached hydrogens (tertiary/aromatic N) is 3. The molecule has 2 rings (SSSR count). The van der Waals surface area contributed by atoms with Crippen molar-refractivity contribution < 1.29 is 22.5 Å². The maximum Gasteiger partial charge on any atom is 0.408 e. The second kappa shape index (κ2) is 7.40. The van der Waals surface area contributed by atoms with Crippen molar-refractivity contribution in [3.05, 3.63) is 11.7 Å². The van der Waals surface area contributed by atoms with E-state index in [-0.39, 0.29) is 0 Å². The van der Waals surface area contributed by atoms with Crippen LogP contribution in [0.4, 0.5) is 18.0 Å². The van der Waals surface area contributed by atoms with Crippen molar-refractivity contribution in [2.45, 2.75) is 52.3 Å². The van der Waals surface area contributed by atoms with Gasteiger partial charge < -0.3 is 14.7 Å². The molecule has 0 unspecified atom stereocenters. The molecule has 9 heteroatoms. The molecule has 1 saturated heterocycles. The normalized spacial score (nSPS) is 18.0. The number of hydrogen-bond acceptors (Lipinski definition) is 4. The molecule has 1 aromatic rings.